The van der Waals surface area contributed by atoms with Gasteiger partial charge < -0.3 is 15.2 Å². The molecule has 0 aromatic rings. The lowest BCUT2D eigenvalue weighted by Gasteiger charge is -2.33. The third-order valence-corrected chi connectivity index (χ3v) is 1.34. The maximum absolute atomic E-state index is 11.0. The zero-order valence-electron chi connectivity index (χ0n) is 7.47. The third-order valence-electron chi connectivity index (χ3n) is 1.34. The van der Waals surface area contributed by atoms with E-state index in [4.69, 9.17) is 0 Å². The van der Waals surface area contributed by atoms with E-state index in [1.807, 2.05) is 6.08 Å². The molecule has 0 aliphatic heterocycles. The van der Waals surface area contributed by atoms with Crippen LogP contribution in [-0.2, 0) is 0 Å². The van der Waals surface area contributed by atoms with E-state index in [1.54, 1.807) is 14.1 Å². The van der Waals surface area contributed by atoms with Crippen molar-refractivity contribution < 1.29 is 4.65 Å². The van der Waals surface area contributed by atoms with E-state index in [2.05, 4.69) is 11.9 Å². The molecule has 1 N–H and O–H groups in total. The molecule has 0 heterocycles. The summed E-state index contributed by atoms with van der Waals surface area (Å²) in [6.45, 7) is 5.97. The molecule has 0 saturated carbocycles. The molecule has 11 heavy (non-hydrogen) atoms. The average Bonchev–Trinajstić information content (AvgIpc) is 1.85. The second-order valence-electron chi connectivity index (χ2n) is 3.14. The van der Waals surface area contributed by atoms with Crippen molar-refractivity contribution in [3.05, 3.63) is 17.9 Å². The summed E-state index contributed by atoms with van der Waals surface area (Å²) in [6, 6.07) is 0. The van der Waals surface area contributed by atoms with E-state index in [0.717, 1.165) is 19.5 Å². The Kier molecular flexibility index (Phi) is 5.11. The number of nitrogens with zero attached hydrogens (tertiary/aromatic N) is 1. The quantitative estimate of drug-likeness (QED) is 0.268. The summed E-state index contributed by atoms with van der Waals surface area (Å²) in [6.07, 6.45) is 2.74. The van der Waals surface area contributed by atoms with Gasteiger partial charge in [-0.3, -0.25) is 0 Å². The van der Waals surface area contributed by atoms with E-state index >= 15 is 0 Å². The Hall–Kier alpha value is -0.380. The number of hydroxylamine groups is 3. The van der Waals surface area contributed by atoms with Crippen molar-refractivity contribution in [3.8, 4) is 0 Å². The van der Waals surface area contributed by atoms with Crippen LogP contribution in [0.15, 0.2) is 12.7 Å². The van der Waals surface area contributed by atoms with Gasteiger partial charge in [0, 0.05) is 19.5 Å². The Morgan fingerprint density at radius 2 is 2.18 bits per heavy atom. The van der Waals surface area contributed by atoms with Gasteiger partial charge >= 0.3 is 0 Å². The van der Waals surface area contributed by atoms with Crippen molar-refractivity contribution in [2.45, 2.75) is 6.42 Å². The highest BCUT2D eigenvalue weighted by atomic mass is 16.5. The fraction of sp³-hybridized carbons (Fsp3) is 0.750. The minimum Gasteiger partial charge on any atom is -0.633 e. The highest BCUT2D eigenvalue weighted by Crippen LogP contribution is 1.93. The third kappa shape index (κ3) is 9.62. The van der Waals surface area contributed by atoms with Gasteiger partial charge in [-0.15, -0.1) is 6.58 Å². The van der Waals surface area contributed by atoms with Crippen LogP contribution in [0.1, 0.15) is 6.42 Å². The zero-order chi connectivity index (χ0) is 8.74. The molecule has 0 aliphatic rings. The number of hydrogen-bond acceptors (Lipinski definition) is 2. The van der Waals surface area contributed by atoms with Gasteiger partial charge in [-0.1, -0.05) is 6.08 Å². The van der Waals surface area contributed by atoms with Gasteiger partial charge in [0.15, 0.2) is 0 Å². The number of rotatable bonds is 6. The molecular weight excluding hydrogens is 140 g/mol. The van der Waals surface area contributed by atoms with Crippen molar-refractivity contribution in [1.29, 1.82) is 0 Å². The minimum absolute atomic E-state index is 0.199. The minimum atomic E-state index is -0.199. The number of hydrogen-bond donors (Lipinski definition) is 1. The van der Waals surface area contributed by atoms with Gasteiger partial charge in [0.25, 0.3) is 0 Å². The van der Waals surface area contributed by atoms with Gasteiger partial charge in [-0.05, 0) is 0 Å². The average molecular weight is 158 g/mol. The van der Waals surface area contributed by atoms with E-state index in [0.29, 0.717) is 6.54 Å². The summed E-state index contributed by atoms with van der Waals surface area (Å²) in [5.41, 5.74) is 0. The molecule has 0 radical (unpaired) electrons. The largest absolute Gasteiger partial charge is 0.633 e. The van der Waals surface area contributed by atoms with Crippen LogP contribution in [0.3, 0.4) is 0 Å². The first kappa shape index (κ1) is 10.6. The lowest BCUT2D eigenvalue weighted by Crippen LogP contribution is -2.34. The molecule has 0 aromatic carbocycles. The van der Waals surface area contributed by atoms with Crippen molar-refractivity contribution in [1.82, 2.24) is 5.32 Å². The number of quaternary nitrogens is 1. The van der Waals surface area contributed by atoms with E-state index in [9.17, 15) is 5.21 Å². The fourth-order valence-corrected chi connectivity index (χ4v) is 0.789. The Morgan fingerprint density at radius 1 is 1.55 bits per heavy atom. The van der Waals surface area contributed by atoms with Crippen LogP contribution in [0.4, 0.5) is 0 Å². The van der Waals surface area contributed by atoms with Crippen molar-refractivity contribution in [2.24, 2.45) is 0 Å². The molecule has 0 aliphatic carbocycles. The Labute approximate surface area is 68.9 Å². The van der Waals surface area contributed by atoms with Gasteiger partial charge in [-0.25, -0.2) is 0 Å². The summed E-state index contributed by atoms with van der Waals surface area (Å²) in [5.74, 6) is 0. The van der Waals surface area contributed by atoms with Gasteiger partial charge in [-0.2, -0.15) is 0 Å². The second-order valence-corrected chi connectivity index (χ2v) is 3.14. The summed E-state index contributed by atoms with van der Waals surface area (Å²) < 4.78 is -0.199. The van der Waals surface area contributed by atoms with Crippen LogP contribution in [0.2, 0.25) is 0 Å². The van der Waals surface area contributed by atoms with Crippen LogP contribution in [-0.4, -0.2) is 38.4 Å². The van der Waals surface area contributed by atoms with Gasteiger partial charge in [0.1, 0.15) is 0 Å². The van der Waals surface area contributed by atoms with Crippen molar-refractivity contribution >= 4 is 0 Å². The number of nitrogens with one attached hydrogen (secondary N) is 1. The first-order chi connectivity index (χ1) is 5.06. The predicted octanol–water partition coefficient (Wildman–Crippen LogP) is 0.726. The fourth-order valence-electron chi connectivity index (χ4n) is 0.789. The highest BCUT2D eigenvalue weighted by molar-refractivity contribution is 4.69. The van der Waals surface area contributed by atoms with Crippen LogP contribution in [0.25, 0.3) is 0 Å². The second kappa shape index (κ2) is 5.29. The molecule has 3 heteroatoms. The first-order valence-corrected chi connectivity index (χ1v) is 3.92. The Balaban J connectivity index is 3.08. The topological polar surface area (TPSA) is 35.1 Å². The molecule has 0 fully saturated rings. The summed E-state index contributed by atoms with van der Waals surface area (Å²) in [7, 11) is 3.32. The summed E-state index contributed by atoms with van der Waals surface area (Å²) in [4.78, 5) is 0. The molecule has 0 unspecified atom stereocenters. The first-order valence-electron chi connectivity index (χ1n) is 3.92. The molecule has 0 atom stereocenters. The maximum Gasteiger partial charge on any atom is 0.0792 e. The Bertz CT molecular complexity index is 107. The smallest absolute Gasteiger partial charge is 0.0792 e. The van der Waals surface area contributed by atoms with Crippen LogP contribution in [0.5, 0.6) is 0 Å². The Morgan fingerprint density at radius 3 is 2.64 bits per heavy atom. The van der Waals surface area contributed by atoms with E-state index in [-0.39, 0.29) is 4.65 Å². The van der Waals surface area contributed by atoms with Crippen LogP contribution in [0, 0.1) is 5.21 Å². The summed E-state index contributed by atoms with van der Waals surface area (Å²) in [5, 5.41) is 14.2. The van der Waals surface area contributed by atoms with Gasteiger partial charge in [0.2, 0.25) is 0 Å². The van der Waals surface area contributed by atoms with E-state index < -0.39 is 0 Å². The standard InChI is InChI=1S/C8H18N2O/c1-4-6-9-7-5-8-10(2,3)11/h4,9H,1,5-8H2,2-3H3. The normalized spacial score (nSPS) is 11.5. The molecule has 0 bridgehead atoms. The molecule has 66 valence electrons. The summed E-state index contributed by atoms with van der Waals surface area (Å²) >= 11 is 0. The molecule has 0 amide bonds. The van der Waals surface area contributed by atoms with Crippen LogP contribution < -0.4 is 5.32 Å². The molecular formula is C8H18N2O. The van der Waals surface area contributed by atoms with Crippen molar-refractivity contribution in [2.75, 3.05) is 33.7 Å². The SMILES string of the molecule is C=CCNCCC[N+](C)(C)[O-]. The predicted molar refractivity (Wildman–Crippen MR) is 48.0 cm³/mol. The molecule has 0 saturated heterocycles. The molecule has 0 aromatic heterocycles. The highest BCUT2D eigenvalue weighted by Gasteiger charge is 1.99. The van der Waals surface area contributed by atoms with E-state index in [1.165, 1.54) is 0 Å². The molecule has 0 spiro atoms. The van der Waals surface area contributed by atoms with Crippen LogP contribution >= 0.6 is 0 Å². The lowest BCUT2D eigenvalue weighted by molar-refractivity contribution is -0.840. The maximum atomic E-state index is 11.0. The van der Waals surface area contributed by atoms with Gasteiger partial charge in [0.05, 0.1) is 20.6 Å². The van der Waals surface area contributed by atoms with Crippen molar-refractivity contribution in [3.63, 3.8) is 0 Å². The molecule has 3 nitrogen and oxygen atoms in total. The zero-order valence-corrected chi connectivity index (χ0v) is 7.47. The molecule has 0 rings (SSSR count). The monoisotopic (exact) mass is 158 g/mol. The lowest BCUT2D eigenvalue weighted by atomic mass is 10.4.